The van der Waals surface area contributed by atoms with Gasteiger partial charge in [0, 0.05) is 29.4 Å². The predicted molar refractivity (Wildman–Crippen MR) is 99.8 cm³/mol. The van der Waals surface area contributed by atoms with Crippen molar-refractivity contribution in [1.82, 2.24) is 20.1 Å². The zero-order valence-corrected chi connectivity index (χ0v) is 15.1. The summed E-state index contributed by atoms with van der Waals surface area (Å²) in [6.45, 7) is 5.99. The number of rotatable bonds is 2. The van der Waals surface area contributed by atoms with Gasteiger partial charge in [0.2, 0.25) is 0 Å². The molecule has 0 radical (unpaired) electrons. The van der Waals surface area contributed by atoms with Gasteiger partial charge in [-0.1, -0.05) is 31.8 Å². The summed E-state index contributed by atoms with van der Waals surface area (Å²) in [6, 6.07) is 3.33. The molecule has 0 bridgehead atoms. The van der Waals surface area contributed by atoms with Crippen LogP contribution in [0.4, 0.5) is 11.6 Å². The molecule has 0 atom stereocenters. The highest BCUT2D eigenvalue weighted by Gasteiger charge is 2.20. The fourth-order valence-electron chi connectivity index (χ4n) is 2.05. The average molecular weight is 362 g/mol. The van der Waals surface area contributed by atoms with Crippen molar-refractivity contribution in [2.24, 2.45) is 0 Å². The molecule has 0 saturated carbocycles. The fourth-order valence-corrected chi connectivity index (χ4v) is 2.05. The molecule has 0 aromatic carbocycles. The minimum atomic E-state index is -0.354. The maximum Gasteiger partial charge on any atom is 0.258 e. The van der Waals surface area contributed by atoms with Crippen molar-refractivity contribution in [2.75, 3.05) is 11.1 Å². The number of pyridine rings is 1. The lowest BCUT2D eigenvalue weighted by Crippen LogP contribution is -2.13. The second-order valence-electron chi connectivity index (χ2n) is 6.82. The first-order valence-corrected chi connectivity index (χ1v) is 8.14. The number of anilines is 2. The summed E-state index contributed by atoms with van der Waals surface area (Å²) in [5.41, 5.74) is 6.68. The van der Waals surface area contributed by atoms with Gasteiger partial charge in [-0.05, 0) is 12.0 Å². The zero-order chi connectivity index (χ0) is 19.4. The quantitative estimate of drug-likeness (QED) is 0.672. The van der Waals surface area contributed by atoms with E-state index in [9.17, 15) is 4.79 Å². The first-order valence-electron chi connectivity index (χ1n) is 8.14. The van der Waals surface area contributed by atoms with Crippen LogP contribution in [0.1, 0.15) is 48.1 Å². The number of nitrogen functional groups attached to an aromatic ring is 1. The summed E-state index contributed by atoms with van der Waals surface area (Å²) >= 11 is 0. The van der Waals surface area contributed by atoms with Crippen LogP contribution < -0.4 is 11.1 Å². The first-order chi connectivity index (χ1) is 12.8. The molecule has 0 aliphatic rings. The smallest absolute Gasteiger partial charge is 0.258 e. The van der Waals surface area contributed by atoms with Crippen LogP contribution in [0.5, 0.6) is 0 Å². The van der Waals surface area contributed by atoms with Crippen molar-refractivity contribution in [3.8, 4) is 11.8 Å². The molecule has 27 heavy (non-hydrogen) atoms. The summed E-state index contributed by atoms with van der Waals surface area (Å²) in [5, 5.41) is 6.56. The molecule has 3 heterocycles. The van der Waals surface area contributed by atoms with Gasteiger partial charge in [0.15, 0.2) is 5.82 Å². The van der Waals surface area contributed by atoms with Crippen LogP contribution >= 0.6 is 0 Å². The van der Waals surface area contributed by atoms with E-state index in [2.05, 4.69) is 37.3 Å². The van der Waals surface area contributed by atoms with Gasteiger partial charge in [0.1, 0.15) is 17.3 Å². The van der Waals surface area contributed by atoms with E-state index in [-0.39, 0.29) is 11.3 Å². The molecule has 136 valence electrons. The lowest BCUT2D eigenvalue weighted by atomic mass is 9.93. The van der Waals surface area contributed by atoms with Gasteiger partial charge >= 0.3 is 0 Å². The maximum absolute atomic E-state index is 12.4. The van der Waals surface area contributed by atoms with E-state index in [4.69, 9.17) is 10.3 Å². The van der Waals surface area contributed by atoms with E-state index >= 15 is 0 Å². The molecule has 8 heteroatoms. The number of hydrogen-bond acceptors (Lipinski definition) is 7. The number of nitrogens with zero attached hydrogens (tertiary/aromatic N) is 4. The molecule has 3 aromatic rings. The number of aromatic nitrogens is 4. The number of carbonyl (C=O) groups is 1. The molecule has 3 N–H and O–H groups in total. The van der Waals surface area contributed by atoms with E-state index in [0.717, 1.165) is 0 Å². The molecular weight excluding hydrogens is 344 g/mol. The van der Waals surface area contributed by atoms with Gasteiger partial charge in [-0.15, -0.1) is 0 Å². The van der Waals surface area contributed by atoms with Crippen molar-refractivity contribution >= 4 is 17.5 Å². The first kappa shape index (κ1) is 18.1. The number of nitrogens with two attached hydrogens (primary N) is 1. The minimum absolute atomic E-state index is 0.196. The highest BCUT2D eigenvalue weighted by atomic mass is 16.5. The van der Waals surface area contributed by atoms with Gasteiger partial charge in [0.25, 0.3) is 5.91 Å². The van der Waals surface area contributed by atoms with E-state index in [1.54, 1.807) is 18.3 Å². The molecule has 1 amide bonds. The van der Waals surface area contributed by atoms with Crippen molar-refractivity contribution in [3.63, 3.8) is 0 Å². The number of amides is 1. The van der Waals surface area contributed by atoms with E-state index in [1.807, 2.05) is 20.8 Å². The Balaban J connectivity index is 1.74. The molecule has 0 spiro atoms. The summed E-state index contributed by atoms with van der Waals surface area (Å²) in [7, 11) is 0. The van der Waals surface area contributed by atoms with E-state index in [1.165, 1.54) is 18.6 Å². The van der Waals surface area contributed by atoms with Gasteiger partial charge in [-0.25, -0.2) is 9.97 Å². The van der Waals surface area contributed by atoms with Crippen LogP contribution in [0.3, 0.4) is 0 Å². The number of carbonyl (C=O) groups excluding carboxylic acids is 1. The van der Waals surface area contributed by atoms with Crippen LogP contribution in [0.15, 0.2) is 41.4 Å². The molecule has 0 saturated heterocycles. The third kappa shape index (κ3) is 4.67. The van der Waals surface area contributed by atoms with Crippen LogP contribution in [0.2, 0.25) is 0 Å². The second kappa shape index (κ2) is 7.25. The number of nitrogens with one attached hydrogen (secondary N) is 1. The van der Waals surface area contributed by atoms with Gasteiger partial charge < -0.3 is 15.6 Å². The highest BCUT2D eigenvalue weighted by Crippen LogP contribution is 2.24. The zero-order valence-electron chi connectivity index (χ0n) is 15.1. The molecule has 3 aromatic heterocycles. The third-order valence-corrected chi connectivity index (χ3v) is 3.50. The van der Waals surface area contributed by atoms with Crippen molar-refractivity contribution in [3.05, 3.63) is 59.5 Å². The van der Waals surface area contributed by atoms with Crippen LogP contribution in [-0.2, 0) is 5.41 Å². The molecular formula is C19H18N6O2. The Morgan fingerprint density at radius 1 is 1.11 bits per heavy atom. The Labute approximate surface area is 156 Å². The Bertz CT molecular complexity index is 1020. The lowest BCUT2D eigenvalue weighted by molar-refractivity contribution is 0.102. The molecule has 0 aliphatic heterocycles. The third-order valence-electron chi connectivity index (χ3n) is 3.50. The minimum Gasteiger partial charge on any atom is -0.382 e. The molecule has 0 aliphatic carbocycles. The van der Waals surface area contributed by atoms with Crippen molar-refractivity contribution in [1.29, 1.82) is 0 Å². The lowest BCUT2D eigenvalue weighted by Gasteiger charge is -2.12. The van der Waals surface area contributed by atoms with Gasteiger partial charge in [-0.3, -0.25) is 9.78 Å². The Morgan fingerprint density at radius 3 is 2.59 bits per heavy atom. The van der Waals surface area contributed by atoms with Crippen molar-refractivity contribution < 1.29 is 9.32 Å². The largest absolute Gasteiger partial charge is 0.382 e. The normalized spacial score (nSPS) is 10.8. The topological polar surface area (TPSA) is 120 Å². The monoisotopic (exact) mass is 362 g/mol. The highest BCUT2D eigenvalue weighted by molar-refractivity contribution is 6.03. The van der Waals surface area contributed by atoms with Crippen molar-refractivity contribution in [2.45, 2.75) is 26.2 Å². The Hall–Kier alpha value is -3.73. The SMILES string of the molecule is CC(C)(C)c1cc(NC(=O)c2cncc(C#Cc3cnc(N)cn3)c2)no1. The molecule has 8 nitrogen and oxygen atoms in total. The van der Waals surface area contributed by atoms with E-state index in [0.29, 0.717) is 34.2 Å². The summed E-state index contributed by atoms with van der Waals surface area (Å²) in [5.74, 6) is 6.73. The predicted octanol–water partition coefficient (Wildman–Crippen LogP) is 2.39. The molecule has 3 rings (SSSR count). The Morgan fingerprint density at radius 2 is 1.93 bits per heavy atom. The summed E-state index contributed by atoms with van der Waals surface area (Å²) in [6.07, 6.45) is 5.91. The maximum atomic E-state index is 12.4. The van der Waals surface area contributed by atoms with Gasteiger partial charge in [0.05, 0.1) is 18.0 Å². The van der Waals surface area contributed by atoms with E-state index < -0.39 is 0 Å². The molecule has 0 unspecified atom stereocenters. The molecule has 0 fully saturated rings. The number of hydrogen-bond donors (Lipinski definition) is 2. The van der Waals surface area contributed by atoms with Crippen LogP contribution in [0, 0.1) is 11.8 Å². The summed E-state index contributed by atoms with van der Waals surface area (Å²) in [4.78, 5) is 24.4. The van der Waals surface area contributed by atoms with Crippen LogP contribution in [0.25, 0.3) is 0 Å². The van der Waals surface area contributed by atoms with Crippen LogP contribution in [-0.4, -0.2) is 26.0 Å². The van der Waals surface area contributed by atoms with Gasteiger partial charge in [-0.2, -0.15) is 0 Å². The standard InChI is InChI=1S/C19H18N6O2/c1-19(2,3)15-7-17(25-27-15)24-18(26)13-6-12(8-21-9-13)4-5-14-10-23-16(20)11-22-14/h6-11H,1-3H3,(H2,20,23)(H,24,25,26). The second-order valence-corrected chi connectivity index (χ2v) is 6.82. The summed E-state index contributed by atoms with van der Waals surface area (Å²) < 4.78 is 5.26. The average Bonchev–Trinajstić information content (AvgIpc) is 3.10. The fraction of sp³-hybridized carbons (Fsp3) is 0.211. The Kier molecular flexibility index (Phi) is 4.86.